The number of furan rings is 1. The van der Waals surface area contributed by atoms with Crippen LogP contribution in [0.4, 0.5) is 0 Å². The van der Waals surface area contributed by atoms with Gasteiger partial charge in [-0.2, -0.15) is 0 Å². The highest BCUT2D eigenvalue weighted by molar-refractivity contribution is 7.13. The van der Waals surface area contributed by atoms with Crippen molar-refractivity contribution in [3.05, 3.63) is 29.0 Å². The first-order valence-corrected chi connectivity index (χ1v) is 10.4. The maximum Gasteiger partial charge on any atom is 0.228 e. The summed E-state index contributed by atoms with van der Waals surface area (Å²) < 4.78 is 5.60. The third-order valence-electron chi connectivity index (χ3n) is 5.02. The highest BCUT2D eigenvalue weighted by atomic mass is 32.1. The number of nitrogens with zero attached hydrogens (tertiary/aromatic N) is 3. The minimum Gasteiger partial charge on any atom is -0.459 e. The Morgan fingerprint density at radius 3 is 2.81 bits per heavy atom. The van der Waals surface area contributed by atoms with E-state index in [2.05, 4.69) is 9.88 Å². The summed E-state index contributed by atoms with van der Waals surface area (Å²) in [4.78, 5) is 21.3. The first-order chi connectivity index (χ1) is 12.9. The molecule has 0 saturated carbocycles. The monoisotopic (exact) mass is 391 g/mol. The van der Waals surface area contributed by atoms with Crippen LogP contribution in [0.1, 0.15) is 31.2 Å². The van der Waals surface area contributed by atoms with Crippen molar-refractivity contribution in [1.82, 2.24) is 14.8 Å². The summed E-state index contributed by atoms with van der Waals surface area (Å²) >= 11 is 1.51. The molecule has 0 spiro atoms. The van der Waals surface area contributed by atoms with E-state index in [1.54, 1.807) is 0 Å². The number of hydrogen-bond donors (Lipinski definition) is 1. The molecule has 2 aromatic rings. The van der Waals surface area contributed by atoms with Gasteiger partial charge in [0.2, 0.25) is 5.91 Å². The molecule has 0 unspecified atom stereocenters. The number of aliphatic hydroxyl groups excluding tert-OH is 1. The number of piperidine rings is 1. The number of thiazole rings is 1. The summed E-state index contributed by atoms with van der Waals surface area (Å²) in [5.41, 5.74) is 0.799. The van der Waals surface area contributed by atoms with Crippen molar-refractivity contribution in [2.45, 2.75) is 39.2 Å². The smallest absolute Gasteiger partial charge is 0.228 e. The molecule has 2 aromatic heterocycles. The number of hydrogen-bond acceptors (Lipinski definition) is 6. The van der Waals surface area contributed by atoms with Gasteiger partial charge in [0, 0.05) is 25.5 Å². The Morgan fingerprint density at radius 1 is 1.44 bits per heavy atom. The van der Waals surface area contributed by atoms with Gasteiger partial charge in [-0.1, -0.05) is 0 Å². The van der Waals surface area contributed by atoms with Crippen LogP contribution >= 0.6 is 11.3 Å². The lowest BCUT2D eigenvalue weighted by atomic mass is 9.96. The zero-order chi connectivity index (χ0) is 19.4. The first-order valence-electron chi connectivity index (χ1n) is 9.56. The van der Waals surface area contributed by atoms with Gasteiger partial charge in [-0.15, -0.1) is 11.3 Å². The van der Waals surface area contributed by atoms with Crippen molar-refractivity contribution in [2.24, 2.45) is 5.92 Å². The van der Waals surface area contributed by atoms with Gasteiger partial charge in [-0.05, 0) is 57.8 Å². The minimum atomic E-state index is -0.279. The zero-order valence-corrected chi connectivity index (χ0v) is 17.2. The van der Waals surface area contributed by atoms with Crippen molar-refractivity contribution in [3.8, 4) is 10.8 Å². The second-order valence-electron chi connectivity index (χ2n) is 7.60. The predicted molar refractivity (Wildman–Crippen MR) is 107 cm³/mol. The Balaban J connectivity index is 1.46. The molecule has 1 aliphatic rings. The van der Waals surface area contributed by atoms with Crippen LogP contribution in [0, 0.1) is 12.8 Å². The van der Waals surface area contributed by atoms with Crippen LogP contribution in [0.15, 0.2) is 21.9 Å². The summed E-state index contributed by atoms with van der Waals surface area (Å²) in [6.45, 7) is 7.25. The van der Waals surface area contributed by atoms with Crippen LogP contribution in [-0.2, 0) is 11.2 Å². The zero-order valence-electron chi connectivity index (χ0n) is 16.4. The Kier molecular flexibility index (Phi) is 6.68. The molecule has 7 heteroatoms. The molecule has 1 atom stereocenters. The summed E-state index contributed by atoms with van der Waals surface area (Å²) in [5, 5.41) is 12.3. The van der Waals surface area contributed by atoms with Gasteiger partial charge in [0.15, 0.2) is 10.8 Å². The number of carbonyl (C=O) groups is 1. The Morgan fingerprint density at radius 2 is 2.19 bits per heavy atom. The number of likely N-dealkylation sites (tertiary alicyclic amines) is 1. The topological polar surface area (TPSA) is 69.8 Å². The van der Waals surface area contributed by atoms with E-state index in [0.29, 0.717) is 12.3 Å². The molecule has 3 rings (SSSR count). The fourth-order valence-electron chi connectivity index (χ4n) is 3.56. The van der Waals surface area contributed by atoms with E-state index in [9.17, 15) is 9.90 Å². The van der Waals surface area contributed by atoms with Gasteiger partial charge >= 0.3 is 0 Å². The number of amides is 1. The Bertz CT molecular complexity index is 747. The van der Waals surface area contributed by atoms with Crippen LogP contribution < -0.4 is 0 Å². The summed E-state index contributed by atoms with van der Waals surface area (Å²) in [7, 11) is 1.88. The molecule has 1 fully saturated rings. The van der Waals surface area contributed by atoms with E-state index < -0.39 is 0 Å². The minimum absolute atomic E-state index is 0.105. The van der Waals surface area contributed by atoms with E-state index >= 15 is 0 Å². The molecular weight excluding hydrogens is 362 g/mol. The van der Waals surface area contributed by atoms with Gasteiger partial charge in [0.05, 0.1) is 18.2 Å². The van der Waals surface area contributed by atoms with Crippen LogP contribution in [0.2, 0.25) is 0 Å². The average Bonchev–Trinajstić information content (AvgIpc) is 3.25. The van der Waals surface area contributed by atoms with Gasteiger partial charge < -0.3 is 19.3 Å². The molecule has 148 valence electrons. The number of likely N-dealkylation sites (N-methyl/N-ethyl adjacent to an activating group) is 1. The second-order valence-corrected chi connectivity index (χ2v) is 8.46. The fourth-order valence-corrected chi connectivity index (χ4v) is 4.33. The van der Waals surface area contributed by atoms with Gasteiger partial charge in [0.1, 0.15) is 5.76 Å². The molecule has 0 aliphatic carbocycles. The standard InChI is InChI=1S/C20H29N3O3S/c1-14(24)11-23-8-6-16(7-9-23)12-22(3)19(25)10-17-13-27-20(21-17)18-5-4-15(2)26-18/h4-5,13-14,16,24H,6-12H2,1-3H3/t14-/m0/s1. The third kappa shape index (κ3) is 5.64. The number of rotatable bonds is 7. The van der Waals surface area contributed by atoms with Gasteiger partial charge in [-0.25, -0.2) is 4.98 Å². The lowest BCUT2D eigenvalue weighted by Gasteiger charge is -2.34. The Hall–Kier alpha value is -1.70. The normalized spacial score (nSPS) is 17.2. The molecule has 1 aliphatic heterocycles. The summed E-state index contributed by atoms with van der Waals surface area (Å²) in [6, 6.07) is 3.83. The fraction of sp³-hybridized carbons (Fsp3) is 0.600. The molecular formula is C20H29N3O3S. The van der Waals surface area contributed by atoms with E-state index in [4.69, 9.17) is 4.42 Å². The molecule has 1 amide bonds. The maximum atomic E-state index is 12.6. The molecule has 27 heavy (non-hydrogen) atoms. The van der Waals surface area contributed by atoms with Gasteiger partial charge in [0.25, 0.3) is 0 Å². The summed E-state index contributed by atoms with van der Waals surface area (Å²) in [6.07, 6.45) is 2.19. The lowest BCUT2D eigenvalue weighted by Crippen LogP contribution is -2.41. The maximum absolute atomic E-state index is 12.6. The van der Waals surface area contributed by atoms with E-state index in [1.807, 2.05) is 43.3 Å². The number of β-amino-alcohol motifs (C(OH)–C–C–N with tert-alkyl or cyclic N) is 1. The quantitative estimate of drug-likeness (QED) is 0.786. The molecule has 0 aromatic carbocycles. The van der Waals surface area contributed by atoms with E-state index in [0.717, 1.165) is 61.2 Å². The van der Waals surface area contributed by atoms with Crippen LogP contribution in [0.3, 0.4) is 0 Å². The van der Waals surface area contributed by atoms with Crippen molar-refractivity contribution < 1.29 is 14.3 Å². The third-order valence-corrected chi connectivity index (χ3v) is 5.93. The lowest BCUT2D eigenvalue weighted by molar-refractivity contribution is -0.130. The van der Waals surface area contributed by atoms with E-state index in [-0.39, 0.29) is 12.0 Å². The SMILES string of the molecule is Cc1ccc(-c2nc(CC(=O)N(C)CC3CCN(C[C@H](C)O)CC3)cs2)o1. The highest BCUT2D eigenvalue weighted by Gasteiger charge is 2.23. The number of carbonyl (C=O) groups excluding carboxylic acids is 1. The van der Waals surface area contributed by atoms with Crippen molar-refractivity contribution in [2.75, 3.05) is 33.2 Å². The van der Waals surface area contributed by atoms with Crippen LogP contribution in [0.5, 0.6) is 0 Å². The molecule has 0 radical (unpaired) electrons. The van der Waals surface area contributed by atoms with Crippen molar-refractivity contribution >= 4 is 17.2 Å². The predicted octanol–water partition coefficient (Wildman–Crippen LogP) is 2.81. The largest absolute Gasteiger partial charge is 0.459 e. The van der Waals surface area contributed by atoms with Crippen LogP contribution in [-0.4, -0.2) is 65.1 Å². The molecule has 1 saturated heterocycles. The molecule has 3 heterocycles. The average molecular weight is 392 g/mol. The van der Waals surface area contributed by atoms with Crippen molar-refractivity contribution in [3.63, 3.8) is 0 Å². The first kappa shape index (κ1) is 20.0. The van der Waals surface area contributed by atoms with E-state index in [1.165, 1.54) is 11.3 Å². The highest BCUT2D eigenvalue weighted by Crippen LogP contribution is 2.26. The second kappa shape index (κ2) is 8.99. The number of aromatic nitrogens is 1. The Labute approximate surface area is 164 Å². The van der Waals surface area contributed by atoms with Crippen molar-refractivity contribution in [1.29, 1.82) is 0 Å². The number of aryl methyl sites for hydroxylation is 1. The van der Waals surface area contributed by atoms with Crippen LogP contribution in [0.25, 0.3) is 10.8 Å². The number of aliphatic hydroxyl groups is 1. The molecule has 6 nitrogen and oxygen atoms in total. The van der Waals surface area contributed by atoms with Gasteiger partial charge in [-0.3, -0.25) is 4.79 Å². The molecule has 1 N–H and O–H groups in total. The summed E-state index contributed by atoms with van der Waals surface area (Å²) in [5.74, 6) is 2.25. The molecule has 0 bridgehead atoms.